The van der Waals surface area contributed by atoms with E-state index in [4.69, 9.17) is 0 Å². The van der Waals surface area contributed by atoms with E-state index >= 15 is 0 Å². The maximum Gasteiger partial charge on any atom is 0.197 e. The molecule has 1 saturated heterocycles. The highest BCUT2D eigenvalue weighted by atomic mass is 16.3. The fraction of sp³-hybridized carbons (Fsp3) is 0.391. The van der Waals surface area contributed by atoms with Crippen LogP contribution >= 0.6 is 0 Å². The number of allylic oxidation sites excluding steroid dienone is 1. The first kappa shape index (κ1) is 18.2. The quantitative estimate of drug-likeness (QED) is 0.681. The van der Waals surface area contributed by atoms with Crippen LogP contribution in [-0.4, -0.2) is 50.6 Å². The molecule has 1 aliphatic heterocycles. The van der Waals surface area contributed by atoms with Gasteiger partial charge in [0.15, 0.2) is 23.0 Å². The van der Waals surface area contributed by atoms with E-state index in [1.165, 1.54) is 0 Å². The number of fused-ring (bicyclic) bond motifs is 1. The van der Waals surface area contributed by atoms with Crippen LogP contribution in [-0.2, 0) is 23.1 Å². The molecule has 6 heteroatoms. The van der Waals surface area contributed by atoms with Crippen molar-refractivity contribution in [2.24, 2.45) is 5.92 Å². The van der Waals surface area contributed by atoms with Crippen LogP contribution in [0.1, 0.15) is 35.1 Å². The normalized spacial score (nSPS) is 28.4. The van der Waals surface area contributed by atoms with Crippen molar-refractivity contribution in [2.45, 2.75) is 37.1 Å². The zero-order chi connectivity index (χ0) is 20.3. The summed E-state index contributed by atoms with van der Waals surface area (Å²) >= 11 is 0. The number of likely N-dealkylation sites (N-methyl/N-ethyl adjacent to an activating group) is 1. The fourth-order valence-electron chi connectivity index (χ4n) is 5.74. The second-order valence-corrected chi connectivity index (χ2v) is 8.63. The van der Waals surface area contributed by atoms with Gasteiger partial charge in [-0.25, -0.2) is 0 Å². The number of phenols is 2. The molecule has 0 spiro atoms. The van der Waals surface area contributed by atoms with Crippen LogP contribution in [0.3, 0.4) is 0 Å². The number of carbonyl (C=O) groups is 1. The Morgan fingerprint density at radius 1 is 1.31 bits per heavy atom. The zero-order valence-corrected chi connectivity index (χ0v) is 16.3. The molecule has 3 atom stereocenters. The highest BCUT2D eigenvalue weighted by Crippen LogP contribution is 2.58. The van der Waals surface area contributed by atoms with Gasteiger partial charge < -0.3 is 20.2 Å². The number of carbonyl (C=O) groups excluding carboxylic acids is 1. The summed E-state index contributed by atoms with van der Waals surface area (Å²) in [4.78, 5) is 19.0. The molecule has 2 aliphatic carbocycles. The minimum absolute atomic E-state index is 0.0783. The van der Waals surface area contributed by atoms with Crippen molar-refractivity contribution < 1.29 is 20.1 Å². The number of rotatable bonds is 2. The van der Waals surface area contributed by atoms with Crippen LogP contribution < -0.4 is 0 Å². The lowest BCUT2D eigenvalue weighted by Crippen LogP contribution is -2.60. The summed E-state index contributed by atoms with van der Waals surface area (Å²) in [7, 11) is 2.07. The van der Waals surface area contributed by atoms with Crippen molar-refractivity contribution in [3.8, 4) is 11.5 Å². The van der Waals surface area contributed by atoms with Crippen molar-refractivity contribution in [3.05, 3.63) is 64.7 Å². The predicted molar refractivity (Wildman–Crippen MR) is 107 cm³/mol. The molecular weight excluding hydrogens is 368 g/mol. The number of benzene rings is 1. The summed E-state index contributed by atoms with van der Waals surface area (Å²) in [6.45, 7) is 0.801. The third-order valence-corrected chi connectivity index (χ3v) is 7.14. The number of phenolic OH excluding ortho intramolecular Hbond substituents is 2. The monoisotopic (exact) mass is 392 g/mol. The number of aromatic nitrogens is 1. The number of likely N-dealkylation sites (tertiary alicyclic amines) is 1. The van der Waals surface area contributed by atoms with Gasteiger partial charge in [-0.1, -0.05) is 6.07 Å². The number of nitrogens with zero attached hydrogens (tertiary/aromatic N) is 2. The molecule has 2 bridgehead atoms. The van der Waals surface area contributed by atoms with E-state index in [1.807, 2.05) is 12.1 Å². The average molecular weight is 392 g/mol. The van der Waals surface area contributed by atoms with E-state index in [1.54, 1.807) is 24.5 Å². The molecule has 1 aromatic heterocycles. The van der Waals surface area contributed by atoms with Crippen molar-refractivity contribution >= 4 is 5.78 Å². The molecule has 0 amide bonds. The van der Waals surface area contributed by atoms with Gasteiger partial charge in [-0.05, 0) is 67.8 Å². The predicted octanol–water partition coefficient (Wildman–Crippen LogP) is 2.61. The molecule has 6 nitrogen and oxygen atoms in total. The lowest BCUT2D eigenvalue weighted by molar-refractivity contribution is -0.122. The summed E-state index contributed by atoms with van der Waals surface area (Å²) < 4.78 is 0. The standard InChI is InChI=1S/C23H24N2O4/c1-25-6-4-23-11-20(28)18(26)10-16(23)17(25)9-15-14(7-13-3-2-5-24-12-13)8-19(27)22(29)21(15)23/h2-3,5,8,10,12,16-17,26-27,29H,4,6-7,9,11H2,1H3. The first-order valence-electron chi connectivity index (χ1n) is 10.0. The first-order valence-corrected chi connectivity index (χ1v) is 10.0. The molecule has 5 rings (SSSR count). The highest BCUT2D eigenvalue weighted by molar-refractivity contribution is 5.95. The van der Waals surface area contributed by atoms with Crippen LogP contribution in [0.2, 0.25) is 0 Å². The first-order chi connectivity index (χ1) is 13.9. The van der Waals surface area contributed by atoms with Gasteiger partial charge in [0.25, 0.3) is 0 Å². The molecule has 0 radical (unpaired) electrons. The van der Waals surface area contributed by atoms with Crippen molar-refractivity contribution in [2.75, 3.05) is 13.6 Å². The minimum Gasteiger partial charge on any atom is -0.505 e. The van der Waals surface area contributed by atoms with Crippen LogP contribution in [0.4, 0.5) is 0 Å². The Kier molecular flexibility index (Phi) is 3.96. The number of hydrogen-bond donors (Lipinski definition) is 3. The smallest absolute Gasteiger partial charge is 0.197 e. The molecular formula is C23H24N2O4. The van der Waals surface area contributed by atoms with Gasteiger partial charge in [-0.2, -0.15) is 0 Å². The minimum atomic E-state index is -0.597. The van der Waals surface area contributed by atoms with Gasteiger partial charge in [0.2, 0.25) is 0 Å². The second-order valence-electron chi connectivity index (χ2n) is 8.63. The van der Waals surface area contributed by atoms with Gasteiger partial charge in [0, 0.05) is 41.8 Å². The second kappa shape index (κ2) is 6.32. The Morgan fingerprint density at radius 3 is 2.90 bits per heavy atom. The van der Waals surface area contributed by atoms with E-state index in [0.717, 1.165) is 23.2 Å². The zero-order valence-electron chi connectivity index (χ0n) is 16.3. The maximum atomic E-state index is 12.5. The fourth-order valence-corrected chi connectivity index (χ4v) is 5.74. The average Bonchev–Trinajstić information content (AvgIpc) is 2.70. The number of aliphatic hydroxyl groups excluding tert-OH is 1. The van der Waals surface area contributed by atoms with E-state index < -0.39 is 5.41 Å². The van der Waals surface area contributed by atoms with Crippen LogP contribution in [0, 0.1) is 5.92 Å². The molecule has 1 fully saturated rings. The highest BCUT2D eigenvalue weighted by Gasteiger charge is 2.56. The van der Waals surface area contributed by atoms with E-state index in [9.17, 15) is 20.1 Å². The van der Waals surface area contributed by atoms with Crippen molar-refractivity contribution in [1.29, 1.82) is 0 Å². The number of ketones is 1. The number of Topliss-reactive ketones (excluding diaryl/α,β-unsaturated/α-hetero) is 1. The molecule has 1 aromatic carbocycles. The van der Waals surface area contributed by atoms with Crippen molar-refractivity contribution in [3.63, 3.8) is 0 Å². The number of pyridine rings is 1. The molecule has 2 aromatic rings. The van der Waals surface area contributed by atoms with Gasteiger partial charge >= 0.3 is 0 Å². The summed E-state index contributed by atoms with van der Waals surface area (Å²) in [5, 5.41) is 31.6. The van der Waals surface area contributed by atoms with Crippen molar-refractivity contribution in [1.82, 2.24) is 9.88 Å². The summed E-state index contributed by atoms with van der Waals surface area (Å²) in [5.41, 5.74) is 3.09. The molecule has 150 valence electrons. The molecule has 0 saturated carbocycles. The number of aliphatic hydroxyl groups is 1. The van der Waals surface area contributed by atoms with Crippen LogP contribution in [0.25, 0.3) is 0 Å². The van der Waals surface area contributed by atoms with Gasteiger partial charge in [-0.15, -0.1) is 0 Å². The number of aromatic hydroxyl groups is 2. The molecule has 3 unspecified atom stereocenters. The Morgan fingerprint density at radius 2 is 2.14 bits per heavy atom. The largest absolute Gasteiger partial charge is 0.505 e. The van der Waals surface area contributed by atoms with Crippen LogP contribution in [0.15, 0.2) is 42.4 Å². The molecule has 2 heterocycles. The SMILES string of the molecule is CN1CCC23CC(=O)C(O)=CC2C1Cc1c(Cc2cccnc2)cc(O)c(O)c13. The summed E-state index contributed by atoms with van der Waals surface area (Å²) in [6.07, 6.45) is 7.34. The molecule has 29 heavy (non-hydrogen) atoms. The summed E-state index contributed by atoms with van der Waals surface area (Å²) in [6, 6.07) is 5.65. The Labute approximate surface area is 169 Å². The number of piperidine rings is 1. The van der Waals surface area contributed by atoms with E-state index in [0.29, 0.717) is 24.8 Å². The number of hydrogen-bond acceptors (Lipinski definition) is 6. The van der Waals surface area contributed by atoms with Gasteiger partial charge in [0.1, 0.15) is 0 Å². The summed E-state index contributed by atoms with van der Waals surface area (Å²) in [5.74, 6) is -0.825. The molecule has 3 aliphatic rings. The van der Waals surface area contributed by atoms with Gasteiger partial charge in [0.05, 0.1) is 0 Å². The topological polar surface area (TPSA) is 93.9 Å². The third-order valence-electron chi connectivity index (χ3n) is 7.14. The lowest BCUT2D eigenvalue weighted by Gasteiger charge is -2.56. The Bertz CT molecular complexity index is 1030. The Balaban J connectivity index is 1.74. The Hall–Kier alpha value is -2.86. The lowest BCUT2D eigenvalue weighted by atomic mass is 9.53. The maximum absolute atomic E-state index is 12.5. The van der Waals surface area contributed by atoms with E-state index in [2.05, 4.69) is 16.9 Å². The van der Waals surface area contributed by atoms with Crippen LogP contribution in [0.5, 0.6) is 11.5 Å². The molecule has 3 N–H and O–H groups in total. The van der Waals surface area contributed by atoms with Gasteiger partial charge in [-0.3, -0.25) is 9.78 Å². The van der Waals surface area contributed by atoms with E-state index in [-0.39, 0.29) is 41.4 Å². The third kappa shape index (κ3) is 2.59.